The molecule has 1 aliphatic carbocycles. The molecule has 2 rings (SSSR count). The van der Waals surface area contributed by atoms with Gasteiger partial charge in [0.15, 0.2) is 6.10 Å². The van der Waals surface area contributed by atoms with Gasteiger partial charge in [0.2, 0.25) is 0 Å². The largest absolute Gasteiger partial charge is 0.479 e. The van der Waals surface area contributed by atoms with Crippen molar-refractivity contribution in [1.82, 2.24) is 0 Å². The summed E-state index contributed by atoms with van der Waals surface area (Å²) in [5, 5.41) is 8.74. The zero-order chi connectivity index (χ0) is 7.84. The maximum absolute atomic E-state index is 10.6. The fraction of sp³-hybridized carbons (Fsp3) is 0.875. The van der Waals surface area contributed by atoms with Gasteiger partial charge in [0.1, 0.15) is 0 Å². The van der Waals surface area contributed by atoms with Crippen LogP contribution in [-0.2, 0) is 9.53 Å². The summed E-state index contributed by atoms with van der Waals surface area (Å²) in [7, 11) is 0. The third kappa shape index (κ3) is 1.03. The third-order valence-electron chi connectivity index (χ3n) is 2.84. The molecule has 0 unspecified atom stereocenters. The number of fused-ring (bicyclic) bond motifs is 1. The molecular weight excluding hydrogens is 144 g/mol. The van der Waals surface area contributed by atoms with E-state index in [1.54, 1.807) is 0 Å². The van der Waals surface area contributed by atoms with Gasteiger partial charge >= 0.3 is 5.97 Å². The quantitative estimate of drug-likeness (QED) is 0.613. The highest BCUT2D eigenvalue weighted by Crippen LogP contribution is 2.40. The number of ether oxygens (including phenoxy) is 1. The van der Waals surface area contributed by atoms with Crippen LogP contribution in [0.5, 0.6) is 0 Å². The summed E-state index contributed by atoms with van der Waals surface area (Å²) in [5.41, 5.74) is 0. The van der Waals surface area contributed by atoms with Gasteiger partial charge in [0, 0.05) is 5.92 Å². The van der Waals surface area contributed by atoms with Gasteiger partial charge in [-0.05, 0) is 18.8 Å². The number of hydrogen-bond donors (Lipinski definition) is 1. The molecule has 1 aliphatic heterocycles. The van der Waals surface area contributed by atoms with Gasteiger partial charge in [-0.3, -0.25) is 0 Å². The van der Waals surface area contributed by atoms with Crippen LogP contribution in [0.2, 0.25) is 0 Å². The first-order valence-corrected chi connectivity index (χ1v) is 4.13. The lowest BCUT2D eigenvalue weighted by Gasteiger charge is -2.10. The smallest absolute Gasteiger partial charge is 0.333 e. The maximum atomic E-state index is 10.6. The van der Waals surface area contributed by atoms with Gasteiger partial charge in [0.25, 0.3) is 0 Å². The molecule has 0 bridgehead atoms. The van der Waals surface area contributed by atoms with Crippen LogP contribution in [-0.4, -0.2) is 23.8 Å². The highest BCUT2D eigenvalue weighted by atomic mass is 16.5. The molecule has 62 valence electrons. The molecule has 0 aromatic rings. The van der Waals surface area contributed by atoms with E-state index in [1.165, 1.54) is 6.42 Å². The molecule has 2 aliphatic rings. The molecule has 1 N–H and O–H groups in total. The summed E-state index contributed by atoms with van der Waals surface area (Å²) in [5.74, 6) is 0.0722. The minimum atomic E-state index is -0.778. The van der Waals surface area contributed by atoms with Crippen LogP contribution in [0.25, 0.3) is 0 Å². The van der Waals surface area contributed by atoms with Gasteiger partial charge < -0.3 is 9.84 Å². The molecule has 3 atom stereocenters. The lowest BCUT2D eigenvalue weighted by molar-refractivity contribution is -0.149. The SMILES string of the molecule is O=C(O)[C@@H]1OC[C@H]2CCC[C@@H]21. The highest BCUT2D eigenvalue weighted by Gasteiger charge is 2.43. The number of carboxylic acids is 1. The number of hydrogen-bond acceptors (Lipinski definition) is 2. The number of rotatable bonds is 1. The van der Waals surface area contributed by atoms with E-state index in [2.05, 4.69) is 0 Å². The molecule has 11 heavy (non-hydrogen) atoms. The summed E-state index contributed by atoms with van der Waals surface area (Å²) in [4.78, 5) is 10.6. The van der Waals surface area contributed by atoms with Gasteiger partial charge in [0.05, 0.1) is 6.61 Å². The van der Waals surface area contributed by atoms with Crippen LogP contribution < -0.4 is 0 Å². The van der Waals surface area contributed by atoms with Crippen LogP contribution in [0.3, 0.4) is 0 Å². The first-order chi connectivity index (χ1) is 5.29. The second-order valence-corrected chi connectivity index (χ2v) is 3.45. The first kappa shape index (κ1) is 7.10. The van der Waals surface area contributed by atoms with Crippen molar-refractivity contribution < 1.29 is 14.6 Å². The highest BCUT2D eigenvalue weighted by molar-refractivity contribution is 5.73. The van der Waals surface area contributed by atoms with E-state index in [1.807, 2.05) is 0 Å². The second kappa shape index (κ2) is 2.48. The van der Waals surface area contributed by atoms with E-state index in [0.29, 0.717) is 18.4 Å². The Balaban J connectivity index is 2.08. The van der Waals surface area contributed by atoms with Crippen molar-refractivity contribution in [2.45, 2.75) is 25.4 Å². The van der Waals surface area contributed by atoms with Gasteiger partial charge in [-0.15, -0.1) is 0 Å². The Morgan fingerprint density at radius 1 is 1.45 bits per heavy atom. The predicted molar refractivity (Wildman–Crippen MR) is 38.2 cm³/mol. The minimum absolute atomic E-state index is 0.312. The van der Waals surface area contributed by atoms with Crippen molar-refractivity contribution in [3.63, 3.8) is 0 Å². The van der Waals surface area contributed by atoms with Crippen molar-refractivity contribution in [1.29, 1.82) is 0 Å². The van der Waals surface area contributed by atoms with Gasteiger partial charge in [-0.1, -0.05) is 6.42 Å². The Kier molecular flexibility index (Phi) is 1.60. The van der Waals surface area contributed by atoms with E-state index in [4.69, 9.17) is 9.84 Å². The molecule has 1 heterocycles. The molecule has 3 nitrogen and oxygen atoms in total. The van der Waals surface area contributed by atoms with E-state index < -0.39 is 12.1 Å². The molecule has 0 amide bonds. The molecule has 3 heteroatoms. The fourth-order valence-corrected chi connectivity index (χ4v) is 2.28. The molecular formula is C8H12O3. The zero-order valence-corrected chi connectivity index (χ0v) is 6.32. The summed E-state index contributed by atoms with van der Waals surface area (Å²) >= 11 is 0. The van der Waals surface area contributed by atoms with E-state index in [-0.39, 0.29) is 0 Å². The molecule has 0 aromatic heterocycles. The Morgan fingerprint density at radius 2 is 2.27 bits per heavy atom. The maximum Gasteiger partial charge on any atom is 0.333 e. The first-order valence-electron chi connectivity index (χ1n) is 4.13. The van der Waals surface area contributed by atoms with Crippen molar-refractivity contribution >= 4 is 5.97 Å². The average molecular weight is 156 g/mol. The molecule has 0 spiro atoms. The molecule has 0 radical (unpaired) electrons. The Morgan fingerprint density at radius 3 is 3.00 bits per heavy atom. The summed E-state index contributed by atoms with van der Waals surface area (Å²) in [6.45, 7) is 0.668. The summed E-state index contributed by atoms with van der Waals surface area (Å²) < 4.78 is 5.18. The molecule has 1 saturated heterocycles. The zero-order valence-electron chi connectivity index (χ0n) is 6.32. The van der Waals surface area contributed by atoms with Gasteiger partial charge in [-0.2, -0.15) is 0 Å². The van der Waals surface area contributed by atoms with Crippen LogP contribution in [0, 0.1) is 11.8 Å². The average Bonchev–Trinajstić information content (AvgIpc) is 2.41. The number of aliphatic carboxylic acids is 1. The normalized spacial score (nSPS) is 42.4. The van der Waals surface area contributed by atoms with Crippen molar-refractivity contribution in [3.05, 3.63) is 0 Å². The molecule has 1 saturated carbocycles. The van der Waals surface area contributed by atoms with E-state index in [0.717, 1.165) is 12.8 Å². The summed E-state index contributed by atoms with van der Waals surface area (Å²) in [6, 6.07) is 0. The number of carboxylic acid groups (broad SMARTS) is 1. The van der Waals surface area contributed by atoms with Gasteiger partial charge in [-0.25, -0.2) is 4.79 Å². The second-order valence-electron chi connectivity index (χ2n) is 3.45. The Labute approximate surface area is 65.4 Å². The van der Waals surface area contributed by atoms with E-state index >= 15 is 0 Å². The van der Waals surface area contributed by atoms with Crippen molar-refractivity contribution in [2.75, 3.05) is 6.61 Å². The Hall–Kier alpha value is -0.570. The minimum Gasteiger partial charge on any atom is -0.479 e. The molecule has 0 aromatic carbocycles. The fourth-order valence-electron chi connectivity index (χ4n) is 2.28. The van der Waals surface area contributed by atoms with E-state index in [9.17, 15) is 4.79 Å². The number of carbonyl (C=O) groups is 1. The summed E-state index contributed by atoms with van der Waals surface area (Å²) in [6.07, 6.45) is 2.89. The predicted octanol–water partition coefficient (Wildman–Crippen LogP) is 0.886. The lowest BCUT2D eigenvalue weighted by Crippen LogP contribution is -2.26. The van der Waals surface area contributed by atoms with Crippen LogP contribution in [0.1, 0.15) is 19.3 Å². The monoisotopic (exact) mass is 156 g/mol. The third-order valence-corrected chi connectivity index (χ3v) is 2.84. The topological polar surface area (TPSA) is 46.5 Å². The Bertz CT molecular complexity index is 178. The standard InChI is InChI=1S/C8H12O3/c9-8(10)7-6-3-1-2-5(6)4-11-7/h5-7H,1-4H2,(H,9,10)/t5-,6+,7-/m1/s1. The van der Waals surface area contributed by atoms with Crippen molar-refractivity contribution in [2.24, 2.45) is 11.8 Å². The van der Waals surface area contributed by atoms with Crippen LogP contribution >= 0.6 is 0 Å². The van der Waals surface area contributed by atoms with Crippen LogP contribution in [0.4, 0.5) is 0 Å². The lowest BCUT2D eigenvalue weighted by atomic mass is 9.95. The molecule has 2 fully saturated rings. The van der Waals surface area contributed by atoms with Crippen molar-refractivity contribution in [3.8, 4) is 0 Å². The van der Waals surface area contributed by atoms with Crippen LogP contribution in [0.15, 0.2) is 0 Å².